The van der Waals surface area contributed by atoms with E-state index in [0.29, 0.717) is 28.8 Å². The van der Waals surface area contributed by atoms with Gasteiger partial charge in [-0.3, -0.25) is 0 Å². The first-order chi connectivity index (χ1) is 15.6. The normalized spacial score (nSPS) is 49.4. The zero-order chi connectivity index (χ0) is 24.9. The van der Waals surface area contributed by atoms with Crippen molar-refractivity contribution in [1.82, 2.24) is 0 Å². The summed E-state index contributed by atoms with van der Waals surface area (Å²) in [6.45, 7) is 23.7. The lowest BCUT2D eigenvalue weighted by atomic mass is 9.43. The van der Waals surface area contributed by atoms with E-state index in [9.17, 15) is 0 Å². The van der Waals surface area contributed by atoms with E-state index in [-0.39, 0.29) is 17.2 Å². The monoisotopic (exact) mass is 488 g/mol. The second kappa shape index (κ2) is 7.92. The Bertz CT molecular complexity index is 840. The van der Waals surface area contributed by atoms with Crippen molar-refractivity contribution in [2.75, 3.05) is 0 Å². The van der Waals surface area contributed by atoms with E-state index in [0.717, 1.165) is 18.3 Å². The fourth-order valence-corrected chi connectivity index (χ4v) is 10.6. The lowest BCUT2D eigenvalue weighted by Gasteiger charge is -2.63. The number of rotatable bonds is 2. The zero-order valence-electron chi connectivity index (χ0n) is 23.8. The van der Waals surface area contributed by atoms with Gasteiger partial charge >= 0.3 is 0 Å². The minimum atomic E-state index is -1.79. The first-order valence-electron chi connectivity index (χ1n) is 14.3. The molecule has 5 fully saturated rings. The summed E-state index contributed by atoms with van der Waals surface area (Å²) in [6.07, 6.45) is 12.2. The highest BCUT2D eigenvalue weighted by Gasteiger charge is 2.68. The molecule has 0 amide bonds. The van der Waals surface area contributed by atoms with Crippen LogP contribution in [0.4, 0.5) is 0 Å². The predicted molar refractivity (Wildman–Crippen MR) is 142 cm³/mol. The van der Waals surface area contributed by atoms with Crippen molar-refractivity contribution < 1.29 is 13.9 Å². The van der Waals surface area contributed by atoms with E-state index in [2.05, 4.69) is 74.6 Å². The van der Waals surface area contributed by atoms with Crippen molar-refractivity contribution in [3.63, 3.8) is 0 Å². The summed E-state index contributed by atoms with van der Waals surface area (Å²) in [7, 11) is -1.79. The van der Waals surface area contributed by atoms with Crippen LogP contribution < -0.4 is 0 Å². The average molecular weight is 489 g/mol. The van der Waals surface area contributed by atoms with Crippen LogP contribution in [0.2, 0.25) is 18.1 Å². The van der Waals surface area contributed by atoms with Gasteiger partial charge in [0, 0.05) is 6.10 Å². The SMILES string of the molecule is CC=C1CCC2C3C(CC[C@]12C)[C@@]1(C)CC[C@@H](O[Si](C)(C)C(C)(C)C)CC1[C@H]1OC(C)(C)O[C@H]31. The minimum absolute atomic E-state index is 0.212. The van der Waals surface area contributed by atoms with Crippen molar-refractivity contribution in [1.29, 1.82) is 0 Å². The van der Waals surface area contributed by atoms with Gasteiger partial charge in [0.15, 0.2) is 14.1 Å². The second-order valence-electron chi connectivity index (χ2n) is 15.1. The van der Waals surface area contributed by atoms with Gasteiger partial charge in [-0.25, -0.2) is 0 Å². The lowest BCUT2D eigenvalue weighted by Crippen LogP contribution is -2.63. The topological polar surface area (TPSA) is 27.7 Å². The third-order valence-corrected chi connectivity index (χ3v) is 16.5. The molecule has 3 nitrogen and oxygen atoms in total. The van der Waals surface area contributed by atoms with E-state index in [1.165, 1.54) is 38.5 Å². The van der Waals surface area contributed by atoms with E-state index in [1.54, 1.807) is 5.57 Å². The van der Waals surface area contributed by atoms with Crippen molar-refractivity contribution in [3.05, 3.63) is 11.6 Å². The molecule has 4 saturated carbocycles. The van der Waals surface area contributed by atoms with Gasteiger partial charge in [0.05, 0.1) is 12.2 Å². The molecule has 4 unspecified atom stereocenters. The standard InChI is InChI=1S/C30H52O3Si/c1-11-19-12-13-21-24-22(15-17-29(19,21)7)30(8)16-14-20(33-34(9,10)27(2,3)4)18-23(30)25-26(24)32-28(5,6)31-25/h11,20-26H,12-18H2,1-10H3/t20-,21?,22?,23?,24?,25-,26-,29-,30-/m1/s1. The molecule has 1 saturated heterocycles. The average Bonchev–Trinajstić information content (AvgIpc) is 3.22. The Hall–Kier alpha value is -0.163. The van der Waals surface area contributed by atoms with E-state index < -0.39 is 14.1 Å². The highest BCUT2D eigenvalue weighted by Crippen LogP contribution is 2.69. The molecule has 0 aromatic carbocycles. The number of allylic oxidation sites excluding steroid dienone is 2. The van der Waals surface area contributed by atoms with Gasteiger partial charge in [0.1, 0.15) is 0 Å². The summed E-state index contributed by atoms with van der Waals surface area (Å²) in [4.78, 5) is 0. The largest absolute Gasteiger partial charge is 0.414 e. The molecule has 0 radical (unpaired) electrons. The third kappa shape index (κ3) is 3.67. The summed E-state index contributed by atoms with van der Waals surface area (Å²) in [5.74, 6) is 2.17. The van der Waals surface area contributed by atoms with Crippen LogP contribution >= 0.6 is 0 Å². The molecule has 4 aliphatic carbocycles. The van der Waals surface area contributed by atoms with Gasteiger partial charge in [0.25, 0.3) is 0 Å². The maximum absolute atomic E-state index is 7.02. The molecule has 1 aliphatic heterocycles. The molecular formula is C30H52O3Si. The second-order valence-corrected chi connectivity index (χ2v) is 19.8. The molecule has 5 aliphatic rings. The highest BCUT2D eigenvalue weighted by atomic mass is 28.4. The summed E-state index contributed by atoms with van der Waals surface area (Å²) < 4.78 is 20.7. The predicted octanol–water partition coefficient (Wildman–Crippen LogP) is 8.11. The van der Waals surface area contributed by atoms with Gasteiger partial charge in [0.2, 0.25) is 0 Å². The van der Waals surface area contributed by atoms with Crippen molar-refractivity contribution in [2.45, 2.75) is 143 Å². The first kappa shape index (κ1) is 25.5. The van der Waals surface area contributed by atoms with E-state index >= 15 is 0 Å². The molecule has 1 heterocycles. The number of hydrogen-bond donors (Lipinski definition) is 0. The van der Waals surface area contributed by atoms with Crippen LogP contribution in [-0.4, -0.2) is 32.4 Å². The lowest BCUT2D eigenvalue weighted by molar-refractivity contribution is -0.181. The number of ether oxygens (including phenoxy) is 2. The molecule has 0 aromatic rings. The molecule has 194 valence electrons. The molecule has 0 N–H and O–H groups in total. The smallest absolute Gasteiger partial charge is 0.192 e. The van der Waals surface area contributed by atoms with Crippen molar-refractivity contribution in [3.8, 4) is 0 Å². The van der Waals surface area contributed by atoms with Crippen LogP contribution in [0.5, 0.6) is 0 Å². The van der Waals surface area contributed by atoms with Gasteiger partial charge in [-0.1, -0.05) is 46.3 Å². The van der Waals surface area contributed by atoms with Crippen LogP contribution in [0.3, 0.4) is 0 Å². The van der Waals surface area contributed by atoms with Crippen LogP contribution in [0, 0.1) is 34.5 Å². The highest BCUT2D eigenvalue weighted by molar-refractivity contribution is 6.74. The number of fused-ring (bicyclic) bond motifs is 8. The molecule has 5 rings (SSSR count). The molecule has 4 heteroatoms. The van der Waals surface area contributed by atoms with Crippen LogP contribution in [0.1, 0.15) is 100 Å². The maximum Gasteiger partial charge on any atom is 0.192 e. The van der Waals surface area contributed by atoms with Gasteiger partial charge in [-0.2, -0.15) is 0 Å². The fraction of sp³-hybridized carbons (Fsp3) is 0.933. The maximum atomic E-state index is 7.02. The summed E-state index contributed by atoms with van der Waals surface area (Å²) in [6, 6.07) is 0. The molecule has 9 atom stereocenters. The molecule has 0 aromatic heterocycles. The minimum Gasteiger partial charge on any atom is -0.414 e. The Kier molecular flexibility index (Phi) is 5.93. The Morgan fingerprint density at radius 1 is 0.912 bits per heavy atom. The third-order valence-electron chi connectivity index (χ3n) is 12.0. The quantitative estimate of drug-likeness (QED) is 0.290. The Labute approximate surface area is 210 Å². The Morgan fingerprint density at radius 3 is 2.24 bits per heavy atom. The summed E-state index contributed by atoms with van der Waals surface area (Å²) >= 11 is 0. The van der Waals surface area contributed by atoms with Gasteiger partial charge < -0.3 is 13.9 Å². The number of hydrogen-bond acceptors (Lipinski definition) is 3. The van der Waals surface area contributed by atoms with E-state index in [4.69, 9.17) is 13.9 Å². The molecule has 34 heavy (non-hydrogen) atoms. The van der Waals surface area contributed by atoms with Crippen molar-refractivity contribution in [2.24, 2.45) is 34.5 Å². The first-order valence-corrected chi connectivity index (χ1v) is 17.2. The van der Waals surface area contributed by atoms with E-state index in [1.807, 2.05) is 0 Å². The van der Waals surface area contributed by atoms with Crippen LogP contribution in [0.25, 0.3) is 0 Å². The van der Waals surface area contributed by atoms with Gasteiger partial charge in [-0.05, 0) is 118 Å². The Balaban J connectivity index is 1.48. The summed E-state index contributed by atoms with van der Waals surface area (Å²) in [5.41, 5.74) is 2.41. The zero-order valence-corrected chi connectivity index (χ0v) is 24.8. The fourth-order valence-electron chi connectivity index (χ4n) is 9.17. The Morgan fingerprint density at radius 2 is 1.59 bits per heavy atom. The molecule has 0 spiro atoms. The van der Waals surface area contributed by atoms with Crippen molar-refractivity contribution >= 4 is 8.32 Å². The van der Waals surface area contributed by atoms with Crippen LogP contribution in [-0.2, 0) is 13.9 Å². The van der Waals surface area contributed by atoms with Gasteiger partial charge in [-0.15, -0.1) is 0 Å². The molecular weight excluding hydrogens is 436 g/mol. The molecule has 0 bridgehead atoms. The summed E-state index contributed by atoms with van der Waals surface area (Å²) in [5, 5.41) is 0.254. The van der Waals surface area contributed by atoms with Crippen LogP contribution in [0.15, 0.2) is 11.6 Å².